The summed E-state index contributed by atoms with van der Waals surface area (Å²) in [6.45, 7) is 10.5. The van der Waals surface area contributed by atoms with Gasteiger partial charge in [-0.05, 0) is 20.8 Å². The van der Waals surface area contributed by atoms with E-state index in [-0.39, 0.29) is 0 Å². The highest BCUT2D eigenvalue weighted by Crippen LogP contribution is 2.30. The summed E-state index contributed by atoms with van der Waals surface area (Å²) in [5.74, 6) is 1.66. The molecule has 3 nitrogen and oxygen atoms in total. The molecule has 0 saturated heterocycles. The quantitative estimate of drug-likeness (QED) is 0.559. The minimum atomic E-state index is -1.59. The maximum atomic E-state index is 11.0. The molecule has 0 fully saturated rings. The predicted molar refractivity (Wildman–Crippen MR) is 63.2 cm³/mol. The number of rotatable bonds is 2. The standard InChI is InChI=1S/C11H20O3Si/c1-10(2,9(12)13)11(3,14)7-8-15(4,5)6/h14H,1-6H3,(H,12,13). The van der Waals surface area contributed by atoms with Crippen molar-refractivity contribution in [2.75, 3.05) is 0 Å². The fourth-order valence-corrected chi connectivity index (χ4v) is 1.29. The lowest BCUT2D eigenvalue weighted by Gasteiger charge is -2.32. The smallest absolute Gasteiger partial charge is 0.313 e. The summed E-state index contributed by atoms with van der Waals surface area (Å²) in [5, 5.41) is 19.0. The van der Waals surface area contributed by atoms with Gasteiger partial charge >= 0.3 is 5.97 Å². The van der Waals surface area contributed by atoms with Crippen LogP contribution in [0.15, 0.2) is 0 Å². The molecule has 15 heavy (non-hydrogen) atoms. The number of carboxylic acids is 1. The Bertz CT molecular complexity index is 313. The molecule has 0 aliphatic heterocycles. The number of carbonyl (C=O) groups is 1. The highest BCUT2D eigenvalue weighted by molar-refractivity contribution is 6.83. The summed E-state index contributed by atoms with van der Waals surface area (Å²) in [6.07, 6.45) is 0. The Hall–Kier alpha value is -0.793. The first-order valence-electron chi connectivity index (χ1n) is 4.90. The van der Waals surface area contributed by atoms with Crippen LogP contribution in [0.25, 0.3) is 0 Å². The van der Waals surface area contributed by atoms with E-state index < -0.39 is 25.1 Å². The minimum Gasteiger partial charge on any atom is -0.481 e. The summed E-state index contributed by atoms with van der Waals surface area (Å²) in [7, 11) is -1.59. The lowest BCUT2D eigenvalue weighted by molar-refractivity contribution is -0.157. The van der Waals surface area contributed by atoms with Gasteiger partial charge in [0.05, 0.1) is 0 Å². The van der Waals surface area contributed by atoms with Crippen molar-refractivity contribution in [2.45, 2.75) is 46.0 Å². The second kappa shape index (κ2) is 3.99. The fraction of sp³-hybridized carbons (Fsp3) is 0.727. The second-order valence-electron chi connectivity index (χ2n) is 5.50. The Labute approximate surface area is 92.5 Å². The van der Waals surface area contributed by atoms with Gasteiger partial charge in [-0.15, -0.1) is 5.54 Å². The Morgan fingerprint density at radius 3 is 1.87 bits per heavy atom. The van der Waals surface area contributed by atoms with Crippen LogP contribution < -0.4 is 0 Å². The first-order valence-corrected chi connectivity index (χ1v) is 8.40. The van der Waals surface area contributed by atoms with Crippen molar-refractivity contribution in [3.05, 3.63) is 0 Å². The third-order valence-electron chi connectivity index (χ3n) is 2.43. The number of hydrogen-bond donors (Lipinski definition) is 2. The van der Waals surface area contributed by atoms with Crippen molar-refractivity contribution in [2.24, 2.45) is 5.41 Å². The number of carboxylic acid groups (broad SMARTS) is 1. The van der Waals surface area contributed by atoms with Gasteiger partial charge in [0.25, 0.3) is 0 Å². The SMILES string of the molecule is CC(O)(C#C[Si](C)(C)C)C(C)(C)C(=O)O. The molecular formula is C11H20O3Si. The maximum Gasteiger partial charge on any atom is 0.313 e. The van der Waals surface area contributed by atoms with Gasteiger partial charge in [0.2, 0.25) is 0 Å². The van der Waals surface area contributed by atoms with Crippen LogP contribution in [0.3, 0.4) is 0 Å². The lowest BCUT2D eigenvalue weighted by atomic mass is 9.77. The second-order valence-corrected chi connectivity index (χ2v) is 10.3. The van der Waals surface area contributed by atoms with E-state index in [9.17, 15) is 9.90 Å². The molecular weight excluding hydrogens is 208 g/mol. The molecule has 0 aliphatic rings. The molecule has 2 N–H and O–H groups in total. The number of aliphatic hydroxyl groups is 1. The minimum absolute atomic E-state index is 1.04. The van der Waals surface area contributed by atoms with Crippen LogP contribution in [-0.2, 0) is 4.79 Å². The van der Waals surface area contributed by atoms with Crippen molar-refractivity contribution in [1.29, 1.82) is 0 Å². The summed E-state index contributed by atoms with van der Waals surface area (Å²) in [6, 6.07) is 0. The highest BCUT2D eigenvalue weighted by Gasteiger charge is 2.44. The van der Waals surface area contributed by atoms with E-state index >= 15 is 0 Å². The van der Waals surface area contributed by atoms with Gasteiger partial charge in [0, 0.05) is 0 Å². The van der Waals surface area contributed by atoms with E-state index in [0.29, 0.717) is 0 Å². The van der Waals surface area contributed by atoms with E-state index in [0.717, 1.165) is 0 Å². The fourth-order valence-electron chi connectivity index (χ4n) is 0.674. The molecule has 4 heteroatoms. The molecule has 0 aromatic heterocycles. The van der Waals surface area contributed by atoms with Crippen molar-refractivity contribution < 1.29 is 15.0 Å². The Morgan fingerprint density at radius 1 is 1.20 bits per heavy atom. The summed E-state index contributed by atoms with van der Waals surface area (Å²) >= 11 is 0. The van der Waals surface area contributed by atoms with Crippen LogP contribution in [0.4, 0.5) is 0 Å². The van der Waals surface area contributed by atoms with Gasteiger partial charge < -0.3 is 10.2 Å². The average Bonchev–Trinajstić information content (AvgIpc) is 1.99. The summed E-state index contributed by atoms with van der Waals surface area (Å²) in [4.78, 5) is 11.0. The van der Waals surface area contributed by atoms with Crippen LogP contribution in [0.2, 0.25) is 19.6 Å². The molecule has 0 heterocycles. The van der Waals surface area contributed by atoms with Crippen molar-refractivity contribution in [3.63, 3.8) is 0 Å². The molecule has 0 spiro atoms. The number of hydrogen-bond acceptors (Lipinski definition) is 2. The molecule has 1 atom stereocenters. The molecule has 0 aliphatic carbocycles. The molecule has 0 aromatic rings. The molecule has 0 aromatic carbocycles. The van der Waals surface area contributed by atoms with Gasteiger partial charge in [-0.25, -0.2) is 0 Å². The van der Waals surface area contributed by atoms with E-state index in [1.54, 1.807) is 0 Å². The van der Waals surface area contributed by atoms with Gasteiger partial charge in [-0.3, -0.25) is 4.79 Å². The Morgan fingerprint density at radius 2 is 1.60 bits per heavy atom. The van der Waals surface area contributed by atoms with Gasteiger partial charge in [0.1, 0.15) is 19.1 Å². The first-order chi connectivity index (χ1) is 6.40. The normalized spacial score (nSPS) is 16.2. The third-order valence-corrected chi connectivity index (χ3v) is 3.31. The zero-order valence-corrected chi connectivity index (χ0v) is 11.3. The highest BCUT2D eigenvalue weighted by atomic mass is 28.3. The van der Waals surface area contributed by atoms with Crippen LogP contribution in [0.5, 0.6) is 0 Å². The summed E-state index contributed by atoms with van der Waals surface area (Å²) in [5.41, 5.74) is 0.234. The Balaban J connectivity index is 5.14. The van der Waals surface area contributed by atoms with Gasteiger partial charge in [0.15, 0.2) is 0 Å². The van der Waals surface area contributed by atoms with Crippen LogP contribution in [0.1, 0.15) is 20.8 Å². The van der Waals surface area contributed by atoms with Crippen LogP contribution in [-0.4, -0.2) is 29.9 Å². The van der Waals surface area contributed by atoms with Crippen molar-refractivity contribution >= 4 is 14.0 Å². The zero-order chi connectivity index (χ0) is 12.5. The zero-order valence-electron chi connectivity index (χ0n) is 10.3. The Kier molecular flexibility index (Phi) is 3.78. The van der Waals surface area contributed by atoms with E-state index in [1.165, 1.54) is 20.8 Å². The lowest BCUT2D eigenvalue weighted by Crippen LogP contribution is -2.46. The molecule has 86 valence electrons. The van der Waals surface area contributed by atoms with E-state index in [4.69, 9.17) is 5.11 Å². The third kappa shape index (κ3) is 3.69. The first kappa shape index (κ1) is 14.2. The van der Waals surface area contributed by atoms with Crippen molar-refractivity contribution in [3.8, 4) is 11.5 Å². The van der Waals surface area contributed by atoms with Crippen molar-refractivity contribution in [1.82, 2.24) is 0 Å². The van der Waals surface area contributed by atoms with Crippen LogP contribution >= 0.6 is 0 Å². The molecule has 0 amide bonds. The van der Waals surface area contributed by atoms with Gasteiger partial charge in [-0.1, -0.05) is 25.6 Å². The molecule has 0 saturated carbocycles. The summed E-state index contributed by atoms with van der Waals surface area (Å²) < 4.78 is 0. The molecule has 0 rings (SSSR count). The largest absolute Gasteiger partial charge is 0.481 e. The number of aliphatic carboxylic acids is 1. The molecule has 0 radical (unpaired) electrons. The molecule has 1 unspecified atom stereocenters. The monoisotopic (exact) mass is 228 g/mol. The maximum absolute atomic E-state index is 11.0. The topological polar surface area (TPSA) is 57.5 Å². The van der Waals surface area contributed by atoms with Gasteiger partial charge in [-0.2, -0.15) is 0 Å². The average molecular weight is 228 g/mol. The predicted octanol–water partition coefficient (Wildman–Crippen LogP) is 1.73. The van der Waals surface area contributed by atoms with E-state index in [1.807, 2.05) is 19.6 Å². The van der Waals surface area contributed by atoms with Crippen LogP contribution in [0, 0.1) is 16.9 Å². The molecule has 0 bridgehead atoms. The van der Waals surface area contributed by atoms with E-state index in [2.05, 4.69) is 11.5 Å².